The molecule has 5 rings (SSSR count). The second-order valence-electron chi connectivity index (χ2n) is 10.3. The highest BCUT2D eigenvalue weighted by atomic mass is 79.9. The van der Waals surface area contributed by atoms with Gasteiger partial charge in [-0.2, -0.15) is 0 Å². The van der Waals surface area contributed by atoms with E-state index in [-0.39, 0.29) is 5.41 Å². The van der Waals surface area contributed by atoms with Crippen molar-refractivity contribution in [2.24, 2.45) is 0 Å². The molecule has 200 valence electrons. The number of hydrogen-bond acceptors (Lipinski definition) is 3. The van der Waals surface area contributed by atoms with Crippen LogP contribution in [-0.4, -0.2) is 20.2 Å². The molecule has 0 amide bonds. The minimum atomic E-state index is 0.00532. The number of benzene rings is 3. The van der Waals surface area contributed by atoms with Crippen LogP contribution in [0.25, 0.3) is 32.5 Å². The maximum absolute atomic E-state index is 4.45. The van der Waals surface area contributed by atoms with Crippen LogP contribution in [0.2, 0.25) is 0 Å². The van der Waals surface area contributed by atoms with E-state index in [9.17, 15) is 0 Å². The first-order chi connectivity index (χ1) is 18.6. The molecule has 7 heteroatoms. The first-order valence-electron chi connectivity index (χ1n) is 13.6. The Kier molecular flexibility index (Phi) is 10.2. The number of rotatable bonds is 13. The van der Waals surface area contributed by atoms with E-state index in [0.717, 1.165) is 25.3 Å². The highest BCUT2D eigenvalue weighted by molar-refractivity contribution is 9.11. The van der Waals surface area contributed by atoms with Gasteiger partial charge in [0.2, 0.25) is 0 Å². The summed E-state index contributed by atoms with van der Waals surface area (Å²) in [6, 6.07) is 18.3. The van der Waals surface area contributed by atoms with E-state index < -0.39 is 0 Å². The molecular formula is C31H32Br4N2S. The number of nitrogens with zero attached hydrogens (tertiary/aromatic N) is 2. The van der Waals surface area contributed by atoms with E-state index in [1.807, 2.05) is 0 Å². The number of hydrogen-bond donors (Lipinski definition) is 0. The van der Waals surface area contributed by atoms with Crippen molar-refractivity contribution in [3.8, 4) is 22.3 Å². The summed E-state index contributed by atoms with van der Waals surface area (Å²) in [6.45, 7) is 0. The first-order valence-corrected chi connectivity index (χ1v) is 18.2. The van der Waals surface area contributed by atoms with Gasteiger partial charge in [0.25, 0.3) is 0 Å². The van der Waals surface area contributed by atoms with Gasteiger partial charge in [0, 0.05) is 30.6 Å². The first kappa shape index (κ1) is 28.9. The number of fused-ring (bicyclic) bond motifs is 4. The summed E-state index contributed by atoms with van der Waals surface area (Å²) in [5, 5.41) is 6.64. The molecule has 1 aliphatic carbocycles. The fraction of sp³-hybridized carbons (Fsp3) is 0.419. The lowest BCUT2D eigenvalue weighted by Crippen LogP contribution is -2.26. The molecule has 3 aromatic carbocycles. The van der Waals surface area contributed by atoms with Gasteiger partial charge in [-0.15, -0.1) is 5.10 Å². The summed E-state index contributed by atoms with van der Waals surface area (Å²) >= 11 is 16.3. The van der Waals surface area contributed by atoms with Crippen LogP contribution in [0, 0.1) is 0 Å². The Labute approximate surface area is 264 Å². The van der Waals surface area contributed by atoms with Gasteiger partial charge in [-0.1, -0.05) is 121 Å². The molecule has 1 aromatic heterocycles. The third-order valence-electron chi connectivity index (χ3n) is 7.95. The number of alkyl halides is 2. The van der Waals surface area contributed by atoms with Gasteiger partial charge in [-0.05, 0) is 99.2 Å². The summed E-state index contributed by atoms with van der Waals surface area (Å²) in [5.74, 6) is 0. The fourth-order valence-corrected chi connectivity index (χ4v) is 8.65. The predicted octanol–water partition coefficient (Wildman–Crippen LogP) is 11.8. The van der Waals surface area contributed by atoms with Crippen LogP contribution in [0.5, 0.6) is 0 Å². The molecule has 0 saturated carbocycles. The Morgan fingerprint density at radius 2 is 1.32 bits per heavy atom. The molecule has 2 nitrogen and oxygen atoms in total. The monoisotopic (exact) mass is 780 g/mol. The average molecular weight is 784 g/mol. The molecule has 0 unspecified atom stereocenters. The van der Waals surface area contributed by atoms with Crippen LogP contribution < -0.4 is 0 Å². The van der Waals surface area contributed by atoms with Crippen molar-refractivity contribution in [2.45, 2.75) is 69.6 Å². The minimum absolute atomic E-state index is 0.00532. The van der Waals surface area contributed by atoms with Gasteiger partial charge in [-0.3, -0.25) is 0 Å². The van der Waals surface area contributed by atoms with E-state index in [2.05, 4.69) is 122 Å². The highest BCUT2D eigenvalue weighted by Gasteiger charge is 2.44. The van der Waals surface area contributed by atoms with Gasteiger partial charge < -0.3 is 0 Å². The van der Waals surface area contributed by atoms with Crippen molar-refractivity contribution in [2.75, 3.05) is 10.7 Å². The Bertz CT molecular complexity index is 1390. The molecule has 0 aliphatic heterocycles. The molecule has 0 fully saturated rings. The molecule has 38 heavy (non-hydrogen) atoms. The van der Waals surface area contributed by atoms with E-state index in [4.69, 9.17) is 0 Å². The lowest BCUT2D eigenvalue weighted by atomic mass is 9.68. The van der Waals surface area contributed by atoms with E-state index in [1.165, 1.54) is 114 Å². The van der Waals surface area contributed by atoms with Gasteiger partial charge in [0.15, 0.2) is 0 Å². The molecule has 0 radical (unpaired) electrons. The predicted molar refractivity (Wildman–Crippen MR) is 178 cm³/mol. The third kappa shape index (κ3) is 5.74. The zero-order valence-electron chi connectivity index (χ0n) is 21.4. The van der Waals surface area contributed by atoms with E-state index in [0.29, 0.717) is 0 Å². The third-order valence-corrected chi connectivity index (χ3v) is 11.0. The topological polar surface area (TPSA) is 25.8 Å². The zero-order valence-corrected chi connectivity index (χ0v) is 28.6. The quantitative estimate of drug-likeness (QED) is 0.0997. The minimum Gasteiger partial charge on any atom is -0.137 e. The molecular weight excluding hydrogens is 752 g/mol. The largest absolute Gasteiger partial charge is 0.137 e. The molecule has 0 saturated heterocycles. The highest BCUT2D eigenvalue weighted by Crippen LogP contribution is 2.58. The summed E-state index contributed by atoms with van der Waals surface area (Å²) in [7, 11) is 0. The van der Waals surface area contributed by atoms with Crippen molar-refractivity contribution in [3.05, 3.63) is 68.6 Å². The average Bonchev–Trinajstić information content (AvgIpc) is 3.52. The summed E-state index contributed by atoms with van der Waals surface area (Å²) in [5.41, 5.74) is 9.40. The van der Waals surface area contributed by atoms with Crippen LogP contribution >= 0.6 is 75.3 Å². The summed E-state index contributed by atoms with van der Waals surface area (Å²) in [4.78, 5) is 0. The maximum Gasteiger partial charge on any atom is 0.120 e. The molecule has 0 N–H and O–H groups in total. The Hall–Kier alpha value is -0.600. The number of halogens is 4. The second kappa shape index (κ2) is 13.4. The maximum atomic E-state index is 4.45. The lowest BCUT2D eigenvalue weighted by molar-refractivity contribution is 0.402. The van der Waals surface area contributed by atoms with Crippen molar-refractivity contribution in [1.29, 1.82) is 0 Å². The number of unbranched alkanes of at least 4 members (excludes halogenated alkanes) is 6. The molecule has 1 aliphatic rings. The van der Waals surface area contributed by atoms with Gasteiger partial charge in [0.1, 0.15) is 5.52 Å². The second-order valence-corrected chi connectivity index (χ2v) is 14.4. The van der Waals surface area contributed by atoms with Crippen LogP contribution in [0.1, 0.15) is 75.3 Å². The van der Waals surface area contributed by atoms with E-state index >= 15 is 0 Å². The normalized spacial score (nSPS) is 13.7. The molecule has 0 spiro atoms. The van der Waals surface area contributed by atoms with Crippen molar-refractivity contribution >= 4 is 85.5 Å². The fourth-order valence-electron chi connectivity index (χ4n) is 6.24. The number of aromatic nitrogens is 2. The van der Waals surface area contributed by atoms with Crippen LogP contribution in [0.15, 0.2) is 57.5 Å². The standard InChI is InChI=1S/C31H32Br4N2S/c32-18-7-3-1-5-16-31(17-6-2-4-8-19-33)26-20-21(34)12-13-22(26)23-10-9-11-24(28(23)31)25-14-15-27(35)29-30(25)38-37-36-29/h9-15,20H,1-8,16-19H2. The van der Waals surface area contributed by atoms with Crippen molar-refractivity contribution in [1.82, 2.24) is 9.59 Å². The van der Waals surface area contributed by atoms with Crippen LogP contribution in [-0.2, 0) is 5.41 Å². The smallest absolute Gasteiger partial charge is 0.120 e. The van der Waals surface area contributed by atoms with Crippen molar-refractivity contribution < 1.29 is 0 Å². The van der Waals surface area contributed by atoms with Gasteiger partial charge >= 0.3 is 0 Å². The molecule has 1 heterocycles. The van der Waals surface area contributed by atoms with Crippen LogP contribution in [0.3, 0.4) is 0 Å². The van der Waals surface area contributed by atoms with Crippen LogP contribution in [0.4, 0.5) is 0 Å². The van der Waals surface area contributed by atoms with E-state index in [1.54, 1.807) is 0 Å². The Morgan fingerprint density at radius 1 is 0.684 bits per heavy atom. The Morgan fingerprint density at radius 3 is 2.00 bits per heavy atom. The van der Waals surface area contributed by atoms with Gasteiger partial charge in [-0.25, -0.2) is 0 Å². The molecule has 0 bridgehead atoms. The molecule has 0 atom stereocenters. The zero-order chi connectivity index (χ0) is 26.5. The lowest BCUT2D eigenvalue weighted by Gasteiger charge is -2.34. The summed E-state index contributed by atoms with van der Waals surface area (Å²) in [6.07, 6.45) is 12.5. The molecule has 4 aromatic rings. The van der Waals surface area contributed by atoms with Crippen molar-refractivity contribution in [3.63, 3.8) is 0 Å². The Balaban J connectivity index is 1.67. The SMILES string of the molecule is BrCCCCCCC1(CCCCCCBr)c2cc(Br)ccc2-c2cccc(-c3ccc(Br)c4nnsc34)c21. The summed E-state index contributed by atoms with van der Waals surface area (Å²) < 4.78 is 7.68. The van der Waals surface area contributed by atoms with Gasteiger partial charge in [0.05, 0.1) is 4.70 Å².